The summed E-state index contributed by atoms with van der Waals surface area (Å²) in [4.78, 5) is 26.0. The third-order valence-corrected chi connectivity index (χ3v) is 5.05. The summed E-state index contributed by atoms with van der Waals surface area (Å²) in [6, 6.07) is 11.2. The molecule has 4 nitrogen and oxygen atoms in total. The minimum Gasteiger partial charge on any atom is -0.450 e. The molecule has 1 saturated heterocycles. The molecular formula is C15H9BrINO3S. The van der Waals surface area contributed by atoms with Crippen LogP contribution in [-0.4, -0.2) is 16.0 Å². The molecule has 2 aromatic rings. The Morgan fingerprint density at radius 2 is 1.91 bits per heavy atom. The van der Waals surface area contributed by atoms with Crippen LogP contribution in [0.3, 0.4) is 0 Å². The first-order valence-corrected chi connectivity index (χ1v) is 8.97. The van der Waals surface area contributed by atoms with E-state index in [1.165, 1.54) is 4.90 Å². The number of rotatable bonds is 3. The van der Waals surface area contributed by atoms with Gasteiger partial charge >= 0.3 is 0 Å². The molecule has 0 aliphatic carbocycles. The van der Waals surface area contributed by atoms with Gasteiger partial charge in [-0.05, 0) is 80.1 Å². The van der Waals surface area contributed by atoms with Gasteiger partial charge in [-0.2, -0.15) is 0 Å². The molecule has 1 aliphatic rings. The first-order valence-electron chi connectivity index (χ1n) is 6.28. The van der Waals surface area contributed by atoms with Gasteiger partial charge < -0.3 is 4.42 Å². The second kappa shape index (κ2) is 6.59. The quantitative estimate of drug-likeness (QED) is 0.455. The van der Waals surface area contributed by atoms with Crippen LogP contribution < -0.4 is 0 Å². The summed E-state index contributed by atoms with van der Waals surface area (Å²) in [6.45, 7) is 0.279. The lowest BCUT2D eigenvalue weighted by molar-refractivity contribution is -0.123. The van der Waals surface area contributed by atoms with Gasteiger partial charge in [0, 0.05) is 9.65 Å². The average Bonchev–Trinajstić information content (AvgIpc) is 3.00. The summed E-state index contributed by atoms with van der Waals surface area (Å²) in [7, 11) is 0. The number of thioether (sulfide) groups is 1. The van der Waals surface area contributed by atoms with Crippen molar-refractivity contribution in [2.75, 3.05) is 0 Å². The molecular weight excluding hydrogens is 481 g/mol. The number of hydrogen-bond acceptors (Lipinski definition) is 4. The first-order chi connectivity index (χ1) is 10.5. The Labute approximate surface area is 153 Å². The van der Waals surface area contributed by atoms with Crippen molar-refractivity contribution in [2.24, 2.45) is 0 Å². The fraction of sp³-hybridized carbons (Fsp3) is 0.0667. The maximum Gasteiger partial charge on any atom is 0.293 e. The van der Waals surface area contributed by atoms with Crippen molar-refractivity contribution in [3.8, 4) is 0 Å². The zero-order valence-corrected chi connectivity index (χ0v) is 15.6. The zero-order chi connectivity index (χ0) is 15.7. The number of carbonyl (C=O) groups excluding carboxylic acids is 2. The van der Waals surface area contributed by atoms with Crippen LogP contribution in [0.15, 0.2) is 50.4 Å². The molecule has 3 rings (SSSR count). The molecule has 0 radical (unpaired) electrons. The Morgan fingerprint density at radius 3 is 2.55 bits per heavy atom. The van der Waals surface area contributed by atoms with E-state index in [-0.39, 0.29) is 17.7 Å². The van der Waals surface area contributed by atoms with E-state index in [0.717, 1.165) is 20.9 Å². The van der Waals surface area contributed by atoms with Gasteiger partial charge in [0.05, 0.1) is 11.4 Å². The van der Waals surface area contributed by atoms with Crippen LogP contribution in [0.5, 0.6) is 0 Å². The van der Waals surface area contributed by atoms with E-state index in [9.17, 15) is 9.59 Å². The van der Waals surface area contributed by atoms with Crippen LogP contribution in [0.25, 0.3) is 6.08 Å². The van der Waals surface area contributed by atoms with Crippen LogP contribution in [0.4, 0.5) is 4.79 Å². The maximum atomic E-state index is 12.4. The van der Waals surface area contributed by atoms with Crippen LogP contribution in [-0.2, 0) is 11.3 Å². The smallest absolute Gasteiger partial charge is 0.293 e. The molecule has 0 unspecified atom stereocenters. The van der Waals surface area contributed by atoms with E-state index >= 15 is 0 Å². The zero-order valence-electron chi connectivity index (χ0n) is 11.1. The monoisotopic (exact) mass is 489 g/mol. The number of benzene rings is 1. The van der Waals surface area contributed by atoms with E-state index in [4.69, 9.17) is 4.42 Å². The highest BCUT2D eigenvalue weighted by atomic mass is 127. The van der Waals surface area contributed by atoms with E-state index < -0.39 is 0 Å². The number of nitrogens with zero attached hydrogens (tertiary/aromatic N) is 1. The highest BCUT2D eigenvalue weighted by Gasteiger charge is 2.35. The molecule has 7 heteroatoms. The average molecular weight is 490 g/mol. The van der Waals surface area contributed by atoms with Crippen molar-refractivity contribution >= 4 is 67.5 Å². The predicted octanol–water partition coefficient (Wildman–Crippen LogP) is 4.88. The van der Waals surface area contributed by atoms with Crippen molar-refractivity contribution in [1.82, 2.24) is 4.90 Å². The molecule has 0 atom stereocenters. The van der Waals surface area contributed by atoms with E-state index in [0.29, 0.717) is 15.3 Å². The molecule has 0 N–H and O–H groups in total. The topological polar surface area (TPSA) is 50.5 Å². The normalized spacial score (nSPS) is 16.8. The molecule has 0 spiro atoms. The van der Waals surface area contributed by atoms with Crippen molar-refractivity contribution in [1.29, 1.82) is 0 Å². The van der Waals surface area contributed by atoms with E-state index in [1.807, 2.05) is 24.3 Å². The Kier molecular flexibility index (Phi) is 4.74. The van der Waals surface area contributed by atoms with E-state index in [1.54, 1.807) is 18.2 Å². The predicted molar refractivity (Wildman–Crippen MR) is 97.1 cm³/mol. The summed E-state index contributed by atoms with van der Waals surface area (Å²) in [6.07, 6.45) is 1.59. The minimum absolute atomic E-state index is 0.263. The Morgan fingerprint density at radius 1 is 1.18 bits per heavy atom. The number of carbonyl (C=O) groups is 2. The Balaban J connectivity index is 1.79. The number of halogens is 2. The number of furan rings is 1. The highest BCUT2D eigenvalue weighted by Crippen LogP contribution is 2.33. The van der Waals surface area contributed by atoms with Crippen molar-refractivity contribution in [3.63, 3.8) is 0 Å². The summed E-state index contributed by atoms with van der Waals surface area (Å²) in [5.41, 5.74) is 0.921. The molecule has 22 heavy (non-hydrogen) atoms. The lowest BCUT2D eigenvalue weighted by Crippen LogP contribution is -2.27. The molecule has 0 bridgehead atoms. The van der Waals surface area contributed by atoms with E-state index in [2.05, 4.69) is 38.5 Å². The fourth-order valence-electron chi connectivity index (χ4n) is 1.94. The largest absolute Gasteiger partial charge is 0.450 e. The second-order valence-corrected chi connectivity index (χ2v) is 7.56. The number of imide groups is 1. The summed E-state index contributed by atoms with van der Waals surface area (Å²) in [5.74, 6) is 0.243. The van der Waals surface area contributed by atoms with Gasteiger partial charge in [-0.3, -0.25) is 14.5 Å². The molecule has 112 valence electrons. The summed E-state index contributed by atoms with van der Waals surface area (Å²) in [5, 5.41) is -0.263. The van der Waals surface area contributed by atoms with Crippen LogP contribution >= 0.6 is 50.3 Å². The fourth-order valence-corrected chi connectivity index (χ4v) is 3.44. The highest BCUT2D eigenvalue weighted by molar-refractivity contribution is 14.1. The molecule has 1 aromatic heterocycles. The van der Waals surface area contributed by atoms with Gasteiger partial charge in [-0.15, -0.1) is 0 Å². The molecule has 1 fully saturated rings. The summed E-state index contributed by atoms with van der Waals surface area (Å²) < 4.78 is 7.03. The van der Waals surface area contributed by atoms with Gasteiger partial charge in [-0.25, -0.2) is 0 Å². The SMILES string of the molecule is O=C1S/C(=C\c2ccc(Br)o2)C(=O)N1Cc1ccc(I)cc1. The maximum absolute atomic E-state index is 12.4. The van der Waals surface area contributed by atoms with Crippen molar-refractivity contribution in [3.05, 3.63) is 60.9 Å². The minimum atomic E-state index is -0.291. The molecule has 1 aliphatic heterocycles. The van der Waals surface area contributed by atoms with Crippen molar-refractivity contribution in [2.45, 2.75) is 6.54 Å². The van der Waals surface area contributed by atoms with Crippen molar-refractivity contribution < 1.29 is 14.0 Å². The molecule has 2 amide bonds. The van der Waals surface area contributed by atoms with Gasteiger partial charge in [0.2, 0.25) is 0 Å². The van der Waals surface area contributed by atoms with Gasteiger partial charge in [0.15, 0.2) is 4.67 Å². The molecule has 2 heterocycles. The van der Waals surface area contributed by atoms with Gasteiger partial charge in [-0.1, -0.05) is 12.1 Å². The third-order valence-electron chi connectivity index (χ3n) is 2.99. The van der Waals surface area contributed by atoms with Gasteiger partial charge in [0.25, 0.3) is 11.1 Å². The lowest BCUT2D eigenvalue weighted by Gasteiger charge is -2.12. The lowest BCUT2D eigenvalue weighted by atomic mass is 10.2. The number of hydrogen-bond donors (Lipinski definition) is 0. The van der Waals surface area contributed by atoms with Crippen LogP contribution in [0.1, 0.15) is 11.3 Å². The number of amides is 2. The Bertz CT molecular complexity index is 769. The van der Waals surface area contributed by atoms with Crippen LogP contribution in [0, 0.1) is 3.57 Å². The molecule has 0 saturated carbocycles. The summed E-state index contributed by atoms with van der Waals surface area (Å²) >= 11 is 6.35. The third kappa shape index (κ3) is 3.47. The second-order valence-electron chi connectivity index (χ2n) is 4.54. The first kappa shape index (κ1) is 15.8. The standard InChI is InChI=1S/C15H9BrINO3S/c16-13-6-5-11(21-13)7-12-14(19)18(15(20)22-12)8-9-1-3-10(17)4-2-9/h1-7H,8H2/b12-7-. The van der Waals surface area contributed by atoms with Crippen LogP contribution in [0.2, 0.25) is 0 Å². The Hall–Kier alpha value is -1.06. The van der Waals surface area contributed by atoms with Gasteiger partial charge in [0.1, 0.15) is 5.76 Å². The molecule has 1 aromatic carbocycles.